The Kier molecular flexibility index (Phi) is 6.00. The summed E-state index contributed by atoms with van der Waals surface area (Å²) >= 11 is 0. The van der Waals surface area contributed by atoms with Crippen LogP contribution in [0.3, 0.4) is 0 Å². The Morgan fingerprint density at radius 1 is 1.21 bits per heavy atom. The van der Waals surface area contributed by atoms with Crippen LogP contribution in [0, 0.1) is 11.8 Å². The minimum Gasteiger partial charge on any atom is -0.494 e. The Morgan fingerprint density at radius 2 is 1.92 bits per heavy atom. The van der Waals surface area contributed by atoms with Crippen molar-refractivity contribution >= 4 is 5.96 Å². The fraction of sp³-hybridized carbons (Fsp3) is 0.650. The normalized spacial score (nSPS) is 23.9. The smallest absolute Gasteiger partial charge is 0.193 e. The molecule has 3 rings (SSSR count). The second-order valence-electron chi connectivity index (χ2n) is 6.97. The number of benzene rings is 1. The van der Waals surface area contributed by atoms with Gasteiger partial charge in [0.05, 0.1) is 6.61 Å². The highest BCUT2D eigenvalue weighted by Gasteiger charge is 2.35. The van der Waals surface area contributed by atoms with Crippen LogP contribution < -0.4 is 10.1 Å². The van der Waals surface area contributed by atoms with Crippen molar-refractivity contribution in [1.29, 1.82) is 0 Å². The summed E-state index contributed by atoms with van der Waals surface area (Å²) in [6.07, 6.45) is 6.58. The van der Waals surface area contributed by atoms with Gasteiger partial charge in [0.25, 0.3) is 0 Å². The van der Waals surface area contributed by atoms with Crippen molar-refractivity contribution in [3.8, 4) is 5.75 Å². The van der Waals surface area contributed by atoms with Gasteiger partial charge in [-0.15, -0.1) is 0 Å². The predicted molar refractivity (Wildman–Crippen MR) is 99.7 cm³/mol. The van der Waals surface area contributed by atoms with E-state index in [9.17, 15) is 0 Å². The first kappa shape index (κ1) is 17.1. The molecule has 1 aliphatic carbocycles. The van der Waals surface area contributed by atoms with Crippen molar-refractivity contribution in [2.45, 2.75) is 39.0 Å². The number of hydrogen-bond donors (Lipinski definition) is 1. The molecule has 0 radical (unpaired) electrons. The molecular weight excluding hydrogens is 298 g/mol. The second kappa shape index (κ2) is 8.41. The van der Waals surface area contributed by atoms with Crippen molar-refractivity contribution in [2.24, 2.45) is 16.8 Å². The number of hydrogen-bond acceptors (Lipinski definition) is 2. The van der Waals surface area contributed by atoms with Gasteiger partial charge < -0.3 is 15.0 Å². The fourth-order valence-corrected chi connectivity index (χ4v) is 4.23. The molecule has 0 spiro atoms. The molecule has 1 aromatic rings. The van der Waals surface area contributed by atoms with E-state index in [2.05, 4.69) is 33.4 Å². The van der Waals surface area contributed by atoms with E-state index in [0.717, 1.165) is 36.5 Å². The van der Waals surface area contributed by atoms with Crippen LogP contribution in [0.25, 0.3) is 0 Å². The number of likely N-dealkylation sites (tertiary alicyclic amines) is 1. The number of guanidine groups is 1. The van der Waals surface area contributed by atoms with Gasteiger partial charge in [0.15, 0.2) is 5.96 Å². The van der Waals surface area contributed by atoms with Crippen LogP contribution in [0.4, 0.5) is 0 Å². The van der Waals surface area contributed by atoms with Gasteiger partial charge in [-0.3, -0.25) is 4.99 Å². The molecule has 2 atom stereocenters. The van der Waals surface area contributed by atoms with Gasteiger partial charge in [-0.1, -0.05) is 31.0 Å². The van der Waals surface area contributed by atoms with Crippen LogP contribution in [0.15, 0.2) is 29.3 Å². The standard InChI is InChI=1S/C20H31N3O/c1-3-24-19-11-7-6-8-16(19)12-13-22-20(21-2)23-14-17-9-4-5-10-18(17)15-23/h6-8,11,17-18H,3-5,9-10,12-15H2,1-2H3,(H,21,22). The van der Waals surface area contributed by atoms with Crippen LogP contribution in [0.1, 0.15) is 38.2 Å². The lowest BCUT2D eigenvalue weighted by Crippen LogP contribution is -2.41. The molecule has 1 heterocycles. The minimum absolute atomic E-state index is 0.711. The monoisotopic (exact) mass is 329 g/mol. The zero-order valence-corrected chi connectivity index (χ0v) is 15.1. The summed E-state index contributed by atoms with van der Waals surface area (Å²) in [5.41, 5.74) is 1.26. The molecule has 0 amide bonds. The van der Waals surface area contributed by atoms with Gasteiger partial charge in [-0.25, -0.2) is 0 Å². The summed E-state index contributed by atoms with van der Waals surface area (Å²) in [5, 5.41) is 3.56. The van der Waals surface area contributed by atoms with Crippen LogP contribution in [0.2, 0.25) is 0 Å². The summed E-state index contributed by atoms with van der Waals surface area (Å²) in [4.78, 5) is 6.99. The van der Waals surface area contributed by atoms with Crippen LogP contribution in [0.5, 0.6) is 5.75 Å². The molecule has 24 heavy (non-hydrogen) atoms. The SMILES string of the molecule is CCOc1ccccc1CCNC(=NC)N1CC2CCCCC2C1. The maximum absolute atomic E-state index is 5.72. The number of para-hydroxylation sites is 1. The first-order valence-electron chi connectivity index (χ1n) is 9.48. The van der Waals surface area contributed by atoms with E-state index in [1.54, 1.807) is 0 Å². The van der Waals surface area contributed by atoms with Crippen molar-refractivity contribution < 1.29 is 4.74 Å². The Labute approximate surface area is 146 Å². The van der Waals surface area contributed by atoms with E-state index in [4.69, 9.17) is 4.74 Å². The Balaban J connectivity index is 1.52. The minimum atomic E-state index is 0.711. The summed E-state index contributed by atoms with van der Waals surface area (Å²) in [5.74, 6) is 3.84. The van der Waals surface area contributed by atoms with E-state index in [1.165, 1.54) is 44.3 Å². The molecule has 2 unspecified atom stereocenters. The number of ether oxygens (including phenoxy) is 1. The first-order chi connectivity index (χ1) is 11.8. The van der Waals surface area contributed by atoms with Crippen molar-refractivity contribution in [2.75, 3.05) is 33.3 Å². The highest BCUT2D eigenvalue weighted by molar-refractivity contribution is 5.80. The summed E-state index contributed by atoms with van der Waals surface area (Å²) in [7, 11) is 1.90. The van der Waals surface area contributed by atoms with E-state index in [-0.39, 0.29) is 0 Å². The van der Waals surface area contributed by atoms with Gasteiger partial charge in [0.1, 0.15) is 5.75 Å². The predicted octanol–water partition coefficient (Wildman–Crippen LogP) is 3.33. The van der Waals surface area contributed by atoms with Gasteiger partial charge in [0.2, 0.25) is 0 Å². The van der Waals surface area contributed by atoms with Crippen molar-refractivity contribution in [3.05, 3.63) is 29.8 Å². The molecule has 1 aromatic carbocycles. The summed E-state index contributed by atoms with van der Waals surface area (Å²) in [6, 6.07) is 8.32. The number of nitrogens with zero attached hydrogens (tertiary/aromatic N) is 2. The summed E-state index contributed by atoms with van der Waals surface area (Å²) < 4.78 is 5.72. The molecule has 4 nitrogen and oxygen atoms in total. The first-order valence-corrected chi connectivity index (χ1v) is 9.48. The third-order valence-electron chi connectivity index (χ3n) is 5.44. The van der Waals surface area contributed by atoms with Gasteiger partial charge in [-0.05, 0) is 49.7 Å². The Hall–Kier alpha value is -1.71. The average Bonchev–Trinajstić information content (AvgIpc) is 3.04. The largest absolute Gasteiger partial charge is 0.494 e. The zero-order valence-electron chi connectivity index (χ0n) is 15.1. The maximum atomic E-state index is 5.72. The molecule has 2 aliphatic rings. The lowest BCUT2D eigenvalue weighted by Gasteiger charge is -2.22. The number of nitrogens with one attached hydrogen (secondary N) is 1. The molecule has 1 saturated carbocycles. The third kappa shape index (κ3) is 4.03. The molecule has 0 aromatic heterocycles. The average molecular weight is 329 g/mol. The third-order valence-corrected chi connectivity index (χ3v) is 5.44. The fourth-order valence-electron chi connectivity index (χ4n) is 4.23. The van der Waals surface area contributed by atoms with Gasteiger partial charge in [-0.2, -0.15) is 0 Å². The van der Waals surface area contributed by atoms with Gasteiger partial charge >= 0.3 is 0 Å². The van der Waals surface area contributed by atoms with Crippen molar-refractivity contribution in [3.63, 3.8) is 0 Å². The molecule has 1 N–H and O–H groups in total. The van der Waals surface area contributed by atoms with E-state index < -0.39 is 0 Å². The molecule has 4 heteroatoms. The second-order valence-corrected chi connectivity index (χ2v) is 6.97. The lowest BCUT2D eigenvalue weighted by molar-refractivity contribution is 0.299. The quantitative estimate of drug-likeness (QED) is 0.665. The highest BCUT2D eigenvalue weighted by Crippen LogP contribution is 2.35. The number of fused-ring (bicyclic) bond motifs is 1. The molecule has 2 fully saturated rings. The van der Waals surface area contributed by atoms with Crippen LogP contribution in [-0.4, -0.2) is 44.1 Å². The number of aliphatic imine (C=N–C) groups is 1. The highest BCUT2D eigenvalue weighted by atomic mass is 16.5. The Morgan fingerprint density at radius 3 is 2.58 bits per heavy atom. The maximum Gasteiger partial charge on any atom is 0.193 e. The molecule has 0 bridgehead atoms. The topological polar surface area (TPSA) is 36.9 Å². The van der Waals surface area contributed by atoms with E-state index in [1.807, 2.05) is 20.0 Å². The van der Waals surface area contributed by atoms with E-state index >= 15 is 0 Å². The van der Waals surface area contributed by atoms with Crippen LogP contribution >= 0.6 is 0 Å². The van der Waals surface area contributed by atoms with Gasteiger partial charge in [0, 0.05) is 26.7 Å². The summed E-state index contributed by atoms with van der Waals surface area (Å²) in [6.45, 7) is 5.99. The Bertz CT molecular complexity index is 544. The van der Waals surface area contributed by atoms with Crippen molar-refractivity contribution in [1.82, 2.24) is 10.2 Å². The molecular formula is C20H31N3O. The number of rotatable bonds is 5. The molecule has 1 saturated heterocycles. The van der Waals surface area contributed by atoms with E-state index in [0.29, 0.717) is 6.61 Å². The molecule has 1 aliphatic heterocycles. The molecule has 132 valence electrons. The zero-order chi connectivity index (χ0) is 16.8. The lowest BCUT2D eigenvalue weighted by atomic mass is 9.82. The van der Waals surface area contributed by atoms with Crippen LogP contribution in [-0.2, 0) is 6.42 Å².